The van der Waals surface area contributed by atoms with Crippen LogP contribution in [0, 0.1) is 5.82 Å². The molecule has 8 nitrogen and oxygen atoms in total. The van der Waals surface area contributed by atoms with E-state index in [1.54, 1.807) is 6.20 Å². The molecular weight excluding hydrogens is 382 g/mol. The zero-order chi connectivity index (χ0) is 19.5. The molecule has 1 atom stereocenters. The molecule has 5 heterocycles. The maximum absolute atomic E-state index is 14.1. The third-order valence-corrected chi connectivity index (χ3v) is 4.58. The molecule has 0 saturated carbocycles. The predicted molar refractivity (Wildman–Crippen MR) is 85.9 cm³/mol. The van der Waals surface area contributed by atoms with Crippen molar-refractivity contribution < 1.29 is 22.0 Å². The van der Waals surface area contributed by atoms with Crippen molar-refractivity contribution in [2.45, 2.75) is 18.6 Å². The topological polar surface area (TPSA) is 88.1 Å². The largest absolute Gasteiger partial charge is 0.470 e. The summed E-state index contributed by atoms with van der Waals surface area (Å²) in [5.74, 6) is -1.90. The van der Waals surface area contributed by atoms with Gasteiger partial charge in [-0.2, -0.15) is 18.3 Å². The normalized spacial score (nSPS) is 17.3. The van der Waals surface area contributed by atoms with E-state index >= 15 is 0 Å². The van der Waals surface area contributed by atoms with Crippen molar-refractivity contribution in [2.24, 2.45) is 0 Å². The van der Waals surface area contributed by atoms with Gasteiger partial charge in [0.15, 0.2) is 0 Å². The first-order valence-corrected chi connectivity index (χ1v) is 8.25. The number of H-pyrrole nitrogens is 1. The fraction of sp³-hybridized carbons (Fsp3) is 0.250. The van der Waals surface area contributed by atoms with Crippen LogP contribution in [0.3, 0.4) is 0 Å². The van der Waals surface area contributed by atoms with E-state index in [0.29, 0.717) is 17.8 Å². The number of aromatic amines is 1. The minimum absolute atomic E-state index is 0.238. The second-order valence-electron chi connectivity index (χ2n) is 6.25. The zero-order valence-electron chi connectivity index (χ0n) is 14.0. The molecule has 0 amide bonds. The first-order valence-electron chi connectivity index (χ1n) is 8.25. The number of nitrogens with one attached hydrogen (secondary N) is 1. The second-order valence-corrected chi connectivity index (χ2v) is 6.25. The van der Waals surface area contributed by atoms with E-state index in [1.807, 2.05) is 0 Å². The third kappa shape index (κ3) is 2.52. The van der Waals surface area contributed by atoms with E-state index in [9.17, 15) is 17.6 Å². The Morgan fingerprint density at radius 3 is 2.86 bits per heavy atom. The van der Waals surface area contributed by atoms with Gasteiger partial charge in [0.25, 0.3) is 0 Å². The van der Waals surface area contributed by atoms with Crippen LogP contribution in [0.15, 0.2) is 35.1 Å². The molecule has 1 N–H and O–H groups in total. The summed E-state index contributed by atoms with van der Waals surface area (Å²) in [5, 5.41) is 11.0. The van der Waals surface area contributed by atoms with Gasteiger partial charge in [-0.3, -0.25) is 0 Å². The van der Waals surface area contributed by atoms with Gasteiger partial charge < -0.3 is 14.3 Å². The molecule has 0 aliphatic carbocycles. The Kier molecular flexibility index (Phi) is 3.45. The van der Waals surface area contributed by atoms with E-state index < -0.39 is 23.9 Å². The van der Waals surface area contributed by atoms with Crippen LogP contribution in [0.25, 0.3) is 5.52 Å². The van der Waals surface area contributed by atoms with Crippen molar-refractivity contribution in [3.05, 3.63) is 59.5 Å². The average molecular weight is 393 g/mol. The van der Waals surface area contributed by atoms with Crippen molar-refractivity contribution in [1.82, 2.24) is 29.8 Å². The maximum Gasteiger partial charge on any atom is 0.470 e. The Bertz CT molecular complexity index is 1160. The molecule has 0 spiro atoms. The smallest absolute Gasteiger partial charge is 0.399 e. The van der Waals surface area contributed by atoms with Crippen LogP contribution in [-0.2, 0) is 12.6 Å². The van der Waals surface area contributed by atoms with E-state index in [-0.39, 0.29) is 18.1 Å². The van der Waals surface area contributed by atoms with Gasteiger partial charge in [-0.05, 0) is 18.2 Å². The Hall–Kier alpha value is -3.44. The quantitative estimate of drug-likeness (QED) is 0.527. The number of alkyl halides is 3. The molecule has 0 radical (unpaired) electrons. The highest BCUT2D eigenvalue weighted by Gasteiger charge is 2.41. The molecule has 144 valence electrons. The molecule has 4 aromatic heterocycles. The van der Waals surface area contributed by atoms with Gasteiger partial charge in [0, 0.05) is 24.9 Å². The van der Waals surface area contributed by atoms with Crippen molar-refractivity contribution in [1.29, 1.82) is 0 Å². The van der Waals surface area contributed by atoms with Gasteiger partial charge in [-0.25, -0.2) is 13.9 Å². The van der Waals surface area contributed by atoms with Gasteiger partial charge in [-0.15, -0.1) is 5.10 Å². The summed E-state index contributed by atoms with van der Waals surface area (Å²) >= 11 is 0. The Morgan fingerprint density at radius 1 is 1.25 bits per heavy atom. The minimum Gasteiger partial charge on any atom is -0.399 e. The Labute approximate surface area is 153 Å². The summed E-state index contributed by atoms with van der Waals surface area (Å²) in [7, 11) is 0. The molecule has 0 saturated heterocycles. The summed E-state index contributed by atoms with van der Waals surface area (Å²) in [6, 6.07) is 3.32. The van der Waals surface area contributed by atoms with E-state index in [2.05, 4.69) is 25.3 Å². The number of rotatable bonds is 2. The first-order chi connectivity index (χ1) is 13.4. The van der Waals surface area contributed by atoms with Gasteiger partial charge in [0.1, 0.15) is 17.4 Å². The molecule has 1 unspecified atom stereocenters. The SMILES string of the molecule is Fc1cccn2nc(C3c4nc[nH]c4CCN3c3nnc(C(F)(F)F)o3)cc12. The van der Waals surface area contributed by atoms with Crippen molar-refractivity contribution in [3.63, 3.8) is 0 Å². The number of imidazole rings is 1. The predicted octanol–water partition coefficient (Wildman–Crippen LogP) is 2.75. The lowest BCUT2D eigenvalue weighted by Gasteiger charge is -2.32. The van der Waals surface area contributed by atoms with E-state index in [1.165, 1.54) is 33.9 Å². The lowest BCUT2D eigenvalue weighted by atomic mass is 10.0. The number of nitrogens with zero attached hydrogens (tertiary/aromatic N) is 6. The number of fused-ring (bicyclic) bond motifs is 2. The highest BCUT2D eigenvalue weighted by atomic mass is 19.4. The molecule has 0 fully saturated rings. The van der Waals surface area contributed by atoms with Crippen LogP contribution >= 0.6 is 0 Å². The van der Waals surface area contributed by atoms with Crippen molar-refractivity contribution >= 4 is 11.5 Å². The van der Waals surface area contributed by atoms with Crippen LogP contribution in [0.5, 0.6) is 0 Å². The monoisotopic (exact) mass is 393 g/mol. The Balaban J connectivity index is 1.64. The summed E-state index contributed by atoms with van der Waals surface area (Å²) in [6.07, 6.45) is -1.20. The number of pyridine rings is 1. The van der Waals surface area contributed by atoms with Crippen LogP contribution in [0.2, 0.25) is 0 Å². The summed E-state index contributed by atoms with van der Waals surface area (Å²) in [6.45, 7) is 0.287. The lowest BCUT2D eigenvalue weighted by molar-refractivity contribution is -0.157. The van der Waals surface area contributed by atoms with Gasteiger partial charge in [0.05, 0.1) is 17.7 Å². The minimum atomic E-state index is -4.75. The van der Waals surface area contributed by atoms with Crippen LogP contribution < -0.4 is 4.90 Å². The average Bonchev–Trinajstić information content (AvgIpc) is 3.38. The molecule has 0 aromatic carbocycles. The highest BCUT2D eigenvalue weighted by Crippen LogP contribution is 2.38. The van der Waals surface area contributed by atoms with Crippen LogP contribution in [0.4, 0.5) is 23.6 Å². The molecule has 5 rings (SSSR count). The number of aromatic nitrogens is 6. The van der Waals surface area contributed by atoms with Crippen molar-refractivity contribution in [2.75, 3.05) is 11.4 Å². The van der Waals surface area contributed by atoms with Crippen LogP contribution in [0.1, 0.15) is 29.0 Å². The van der Waals surface area contributed by atoms with Crippen LogP contribution in [-0.4, -0.2) is 36.3 Å². The highest BCUT2D eigenvalue weighted by molar-refractivity contribution is 5.52. The Morgan fingerprint density at radius 2 is 2.11 bits per heavy atom. The molecule has 28 heavy (non-hydrogen) atoms. The molecular formula is C16H11F4N7O. The molecule has 1 aliphatic rings. The third-order valence-electron chi connectivity index (χ3n) is 4.58. The fourth-order valence-corrected chi connectivity index (χ4v) is 3.36. The molecule has 0 bridgehead atoms. The van der Waals surface area contributed by atoms with Gasteiger partial charge in [0.2, 0.25) is 0 Å². The zero-order valence-corrected chi connectivity index (χ0v) is 14.0. The summed E-state index contributed by atoms with van der Waals surface area (Å²) < 4.78 is 58.9. The number of hydrogen-bond acceptors (Lipinski definition) is 6. The number of halogens is 4. The first kappa shape index (κ1) is 16.7. The van der Waals surface area contributed by atoms with Gasteiger partial charge >= 0.3 is 18.1 Å². The fourth-order valence-electron chi connectivity index (χ4n) is 3.36. The van der Waals surface area contributed by atoms with E-state index in [0.717, 1.165) is 5.69 Å². The van der Waals surface area contributed by atoms with Gasteiger partial charge in [-0.1, -0.05) is 5.10 Å². The summed E-state index contributed by atoms with van der Waals surface area (Å²) in [5.41, 5.74) is 2.00. The van der Waals surface area contributed by atoms with Crippen molar-refractivity contribution in [3.8, 4) is 0 Å². The van der Waals surface area contributed by atoms with E-state index in [4.69, 9.17) is 4.42 Å². The number of anilines is 1. The summed E-state index contributed by atoms with van der Waals surface area (Å²) in [4.78, 5) is 8.79. The second kappa shape index (κ2) is 5.78. The molecule has 12 heteroatoms. The maximum atomic E-state index is 14.1. The molecule has 1 aliphatic heterocycles. The number of hydrogen-bond donors (Lipinski definition) is 1. The lowest BCUT2D eigenvalue weighted by Crippen LogP contribution is -2.37. The standard InChI is InChI=1S/C16H11F4N7O/c17-8-2-1-4-27-11(8)6-10(25-27)13-12-9(21-7-22-12)3-5-26(13)15-24-23-14(28-15)16(18,19)20/h1-2,4,6-7,13H,3,5H2,(H,21,22). The molecule has 4 aromatic rings.